The first-order valence-electron chi connectivity index (χ1n) is 9.70. The molecule has 0 radical (unpaired) electrons. The van der Waals surface area contributed by atoms with Gasteiger partial charge in [0.2, 0.25) is 0 Å². The second-order valence-electron chi connectivity index (χ2n) is 6.94. The van der Waals surface area contributed by atoms with E-state index in [-0.39, 0.29) is 17.7 Å². The van der Waals surface area contributed by atoms with Crippen LogP contribution in [0.15, 0.2) is 70.0 Å². The van der Waals surface area contributed by atoms with Crippen molar-refractivity contribution in [3.8, 4) is 5.75 Å². The maximum atomic E-state index is 12.7. The Morgan fingerprint density at radius 1 is 1.06 bits per heavy atom. The average molecular weight is 498 g/mol. The van der Waals surface area contributed by atoms with E-state index in [4.69, 9.17) is 9.47 Å². The van der Waals surface area contributed by atoms with Crippen LogP contribution in [0, 0.1) is 0 Å². The van der Waals surface area contributed by atoms with Crippen molar-refractivity contribution in [3.05, 3.63) is 81.2 Å². The number of carbonyl (C=O) groups excluding carboxylic acids is 2. The molecule has 0 aliphatic carbocycles. The highest BCUT2D eigenvalue weighted by Crippen LogP contribution is 2.35. The second kappa shape index (κ2) is 9.68. The molecule has 3 aromatic carbocycles. The third-order valence-corrected chi connectivity index (χ3v) is 6.31. The van der Waals surface area contributed by atoms with Gasteiger partial charge < -0.3 is 9.47 Å². The van der Waals surface area contributed by atoms with Gasteiger partial charge in [0.05, 0.1) is 18.1 Å². The summed E-state index contributed by atoms with van der Waals surface area (Å²) in [7, 11) is 1.54. The summed E-state index contributed by atoms with van der Waals surface area (Å²) in [6.45, 7) is 0.933. The fourth-order valence-corrected chi connectivity index (χ4v) is 4.59. The monoisotopic (exact) mass is 497 g/mol. The Labute approximate surface area is 193 Å². The standard InChI is InChI=1S/C24H20BrNO4S/c1-29-12-11-26-23(27)22(31-24(26)28)14-18-13-19(25)9-10-21(18)30-15-17-7-4-6-16-5-2-3-8-20(16)17/h2-10,13-14H,11-12,15H2,1H3/b22-14+. The lowest BCUT2D eigenvalue weighted by atomic mass is 10.1. The number of hydrogen-bond acceptors (Lipinski definition) is 5. The maximum Gasteiger partial charge on any atom is 0.293 e. The highest BCUT2D eigenvalue weighted by Gasteiger charge is 2.34. The lowest BCUT2D eigenvalue weighted by Gasteiger charge is -2.12. The number of rotatable bonds is 7. The van der Waals surface area contributed by atoms with E-state index in [0.717, 1.165) is 38.1 Å². The van der Waals surface area contributed by atoms with Gasteiger partial charge >= 0.3 is 0 Å². The summed E-state index contributed by atoms with van der Waals surface area (Å²) in [5, 5.41) is 2.01. The summed E-state index contributed by atoms with van der Waals surface area (Å²) in [6.07, 6.45) is 1.71. The fourth-order valence-electron chi connectivity index (χ4n) is 3.35. The van der Waals surface area contributed by atoms with E-state index in [0.29, 0.717) is 23.9 Å². The van der Waals surface area contributed by atoms with Crippen LogP contribution in [0.25, 0.3) is 16.8 Å². The molecule has 0 saturated carbocycles. The molecule has 7 heteroatoms. The lowest BCUT2D eigenvalue weighted by molar-refractivity contribution is -0.123. The number of ether oxygens (including phenoxy) is 2. The van der Waals surface area contributed by atoms with E-state index in [9.17, 15) is 9.59 Å². The molecular weight excluding hydrogens is 478 g/mol. The van der Waals surface area contributed by atoms with E-state index < -0.39 is 0 Å². The molecule has 0 spiro atoms. The summed E-state index contributed by atoms with van der Waals surface area (Å²) in [6, 6.07) is 19.9. The Morgan fingerprint density at radius 3 is 2.71 bits per heavy atom. The second-order valence-corrected chi connectivity index (χ2v) is 8.84. The molecule has 1 heterocycles. The van der Waals surface area contributed by atoms with Crippen molar-refractivity contribution in [2.24, 2.45) is 0 Å². The fraction of sp³-hybridized carbons (Fsp3) is 0.167. The molecule has 1 aliphatic rings. The van der Waals surface area contributed by atoms with Gasteiger partial charge in [0.25, 0.3) is 11.1 Å². The van der Waals surface area contributed by atoms with E-state index in [2.05, 4.69) is 34.1 Å². The van der Waals surface area contributed by atoms with Gasteiger partial charge in [0, 0.05) is 17.1 Å². The van der Waals surface area contributed by atoms with Gasteiger partial charge in [0.1, 0.15) is 12.4 Å². The Hall–Kier alpha value is -2.61. The summed E-state index contributed by atoms with van der Waals surface area (Å²) in [4.78, 5) is 26.4. The van der Waals surface area contributed by atoms with Crippen LogP contribution in [0.5, 0.6) is 5.75 Å². The largest absolute Gasteiger partial charge is 0.488 e. The minimum atomic E-state index is -0.313. The molecule has 1 saturated heterocycles. The molecular formula is C24H20BrNO4S. The van der Waals surface area contributed by atoms with Crippen molar-refractivity contribution in [1.82, 2.24) is 4.90 Å². The van der Waals surface area contributed by atoms with Crippen molar-refractivity contribution >= 4 is 55.7 Å². The molecule has 5 nitrogen and oxygen atoms in total. The Morgan fingerprint density at radius 2 is 1.87 bits per heavy atom. The Bertz CT molecular complexity index is 1170. The van der Waals surface area contributed by atoms with E-state index in [1.807, 2.05) is 42.5 Å². The zero-order valence-electron chi connectivity index (χ0n) is 16.8. The molecule has 0 aromatic heterocycles. The third-order valence-electron chi connectivity index (χ3n) is 4.91. The molecule has 3 aromatic rings. The first kappa shape index (κ1) is 21.6. The summed E-state index contributed by atoms with van der Waals surface area (Å²) in [5.74, 6) is 0.326. The van der Waals surface area contributed by atoms with Crippen molar-refractivity contribution in [1.29, 1.82) is 0 Å². The van der Waals surface area contributed by atoms with Gasteiger partial charge in [0.15, 0.2) is 0 Å². The van der Waals surface area contributed by atoms with Crippen LogP contribution in [0.1, 0.15) is 11.1 Å². The minimum Gasteiger partial charge on any atom is -0.488 e. The molecule has 2 amide bonds. The summed E-state index contributed by atoms with van der Waals surface area (Å²) in [5.41, 5.74) is 1.80. The number of imide groups is 1. The Balaban J connectivity index is 1.59. The number of halogens is 1. The molecule has 1 fully saturated rings. The molecule has 1 aliphatic heterocycles. The van der Waals surface area contributed by atoms with Crippen molar-refractivity contribution < 1.29 is 19.1 Å². The van der Waals surface area contributed by atoms with Gasteiger partial charge in [-0.05, 0) is 52.4 Å². The highest BCUT2D eigenvalue weighted by atomic mass is 79.9. The quantitative estimate of drug-likeness (QED) is 0.382. The lowest BCUT2D eigenvalue weighted by Crippen LogP contribution is -2.31. The van der Waals surface area contributed by atoms with Gasteiger partial charge in [-0.25, -0.2) is 0 Å². The minimum absolute atomic E-state index is 0.238. The van der Waals surface area contributed by atoms with E-state index in [1.54, 1.807) is 6.08 Å². The molecule has 0 atom stereocenters. The number of nitrogens with zero attached hydrogens (tertiary/aromatic N) is 1. The predicted molar refractivity (Wildman–Crippen MR) is 127 cm³/mol. The van der Waals surface area contributed by atoms with Crippen LogP contribution in [0.2, 0.25) is 0 Å². The highest BCUT2D eigenvalue weighted by molar-refractivity contribution is 9.10. The first-order chi connectivity index (χ1) is 15.1. The number of amides is 2. The van der Waals surface area contributed by atoms with Gasteiger partial charge in [-0.2, -0.15) is 0 Å². The average Bonchev–Trinajstić information content (AvgIpc) is 3.04. The van der Waals surface area contributed by atoms with Crippen LogP contribution < -0.4 is 4.74 Å². The maximum absolute atomic E-state index is 12.7. The van der Waals surface area contributed by atoms with E-state index in [1.165, 1.54) is 12.0 Å². The summed E-state index contributed by atoms with van der Waals surface area (Å²) >= 11 is 4.41. The predicted octanol–water partition coefficient (Wildman–Crippen LogP) is 5.86. The van der Waals surface area contributed by atoms with Crippen LogP contribution in [-0.2, 0) is 16.1 Å². The van der Waals surface area contributed by atoms with Crippen LogP contribution >= 0.6 is 27.7 Å². The van der Waals surface area contributed by atoms with Crippen molar-refractivity contribution in [3.63, 3.8) is 0 Å². The number of benzene rings is 3. The third kappa shape index (κ3) is 4.84. The number of carbonyl (C=O) groups is 2. The number of hydrogen-bond donors (Lipinski definition) is 0. The first-order valence-corrected chi connectivity index (χ1v) is 11.3. The molecule has 31 heavy (non-hydrogen) atoms. The number of fused-ring (bicyclic) bond motifs is 1. The van der Waals surface area contributed by atoms with Crippen LogP contribution in [0.3, 0.4) is 0 Å². The van der Waals surface area contributed by atoms with Crippen LogP contribution in [-0.4, -0.2) is 36.3 Å². The zero-order valence-corrected chi connectivity index (χ0v) is 19.2. The SMILES string of the molecule is COCCN1C(=O)S/C(=C/c2cc(Br)ccc2OCc2cccc3ccccc23)C1=O. The normalized spacial score (nSPS) is 15.3. The molecule has 4 rings (SSSR count). The van der Waals surface area contributed by atoms with Gasteiger partial charge in [-0.15, -0.1) is 0 Å². The van der Waals surface area contributed by atoms with Gasteiger partial charge in [-0.3, -0.25) is 14.5 Å². The molecule has 0 unspecified atom stereocenters. The van der Waals surface area contributed by atoms with E-state index >= 15 is 0 Å². The molecule has 0 N–H and O–H groups in total. The zero-order chi connectivity index (χ0) is 21.8. The van der Waals surface area contributed by atoms with Crippen molar-refractivity contribution in [2.45, 2.75) is 6.61 Å². The number of methoxy groups -OCH3 is 1. The van der Waals surface area contributed by atoms with Crippen molar-refractivity contribution in [2.75, 3.05) is 20.3 Å². The summed E-state index contributed by atoms with van der Waals surface area (Å²) < 4.78 is 12.0. The van der Waals surface area contributed by atoms with Crippen LogP contribution in [0.4, 0.5) is 4.79 Å². The smallest absolute Gasteiger partial charge is 0.293 e. The molecule has 0 bridgehead atoms. The Kier molecular flexibility index (Phi) is 6.75. The number of thioether (sulfide) groups is 1. The molecule has 158 valence electrons. The van der Waals surface area contributed by atoms with Gasteiger partial charge in [-0.1, -0.05) is 58.4 Å². The topological polar surface area (TPSA) is 55.8 Å².